The number of anilines is 3. The second-order valence-electron chi connectivity index (χ2n) is 7.63. The first-order chi connectivity index (χ1) is 14.1. The molecule has 0 unspecified atom stereocenters. The molecule has 4 N–H and O–H groups in total. The van der Waals surface area contributed by atoms with Gasteiger partial charge >= 0.3 is 0 Å². The van der Waals surface area contributed by atoms with Crippen molar-refractivity contribution in [3.8, 4) is 0 Å². The van der Waals surface area contributed by atoms with Crippen LogP contribution in [0.3, 0.4) is 0 Å². The molecule has 0 spiro atoms. The Morgan fingerprint density at radius 2 is 1.47 bits per heavy atom. The van der Waals surface area contributed by atoms with Crippen molar-refractivity contribution in [3.05, 3.63) is 63.8 Å². The maximum atomic E-state index is 12.6. The molecule has 3 rings (SSSR count). The predicted molar refractivity (Wildman–Crippen MR) is 118 cm³/mol. The molecular formula is C22H26N6O2. The van der Waals surface area contributed by atoms with Crippen LogP contribution in [0.4, 0.5) is 17.2 Å². The van der Waals surface area contributed by atoms with E-state index in [1.165, 1.54) is 4.68 Å². The van der Waals surface area contributed by atoms with Gasteiger partial charge in [-0.3, -0.25) is 9.59 Å². The first-order valence-corrected chi connectivity index (χ1v) is 9.60. The van der Waals surface area contributed by atoms with Gasteiger partial charge in [-0.15, -0.1) is 5.10 Å². The molecule has 0 atom stereocenters. The van der Waals surface area contributed by atoms with Crippen LogP contribution in [0.1, 0.15) is 38.3 Å². The highest BCUT2D eigenvalue weighted by Gasteiger charge is 2.20. The van der Waals surface area contributed by atoms with Gasteiger partial charge in [-0.05, 0) is 69.0 Å². The van der Waals surface area contributed by atoms with E-state index in [0.29, 0.717) is 5.69 Å². The maximum absolute atomic E-state index is 12.6. The van der Waals surface area contributed by atoms with Crippen LogP contribution in [-0.4, -0.2) is 26.8 Å². The Labute approximate surface area is 175 Å². The maximum Gasteiger partial charge on any atom is 0.280 e. The standard InChI is InChI=1S/C22H26N6O2/c1-12-6-13(2)10-17(9-12)24-22(30)20-21(23)28(27-26-20)11-18(29)25-19-15(4)7-14(3)8-16(19)5/h6-10H,11,23H2,1-5H3,(H,24,30)(H,25,29). The quantitative estimate of drug-likeness (QED) is 0.601. The van der Waals surface area contributed by atoms with Crippen molar-refractivity contribution < 1.29 is 9.59 Å². The summed E-state index contributed by atoms with van der Waals surface area (Å²) < 4.78 is 1.21. The fourth-order valence-electron chi connectivity index (χ4n) is 3.53. The summed E-state index contributed by atoms with van der Waals surface area (Å²) in [6, 6.07) is 9.72. The van der Waals surface area contributed by atoms with E-state index in [0.717, 1.165) is 33.5 Å². The second kappa shape index (κ2) is 8.36. The molecular weight excluding hydrogens is 380 g/mol. The van der Waals surface area contributed by atoms with Gasteiger partial charge in [0.1, 0.15) is 6.54 Å². The number of amides is 2. The highest BCUT2D eigenvalue weighted by Crippen LogP contribution is 2.22. The van der Waals surface area contributed by atoms with Crippen molar-refractivity contribution in [2.24, 2.45) is 0 Å². The number of nitrogen functional groups attached to an aromatic ring is 1. The third kappa shape index (κ3) is 4.65. The van der Waals surface area contributed by atoms with E-state index in [4.69, 9.17) is 5.73 Å². The Hall–Kier alpha value is -3.68. The first-order valence-electron chi connectivity index (χ1n) is 9.60. The lowest BCUT2D eigenvalue weighted by Crippen LogP contribution is -2.22. The molecule has 30 heavy (non-hydrogen) atoms. The van der Waals surface area contributed by atoms with Crippen LogP contribution < -0.4 is 16.4 Å². The van der Waals surface area contributed by atoms with Crippen molar-refractivity contribution in [1.29, 1.82) is 0 Å². The van der Waals surface area contributed by atoms with E-state index >= 15 is 0 Å². The van der Waals surface area contributed by atoms with E-state index < -0.39 is 5.91 Å². The zero-order chi connectivity index (χ0) is 22.0. The second-order valence-corrected chi connectivity index (χ2v) is 7.63. The molecule has 1 aromatic heterocycles. The van der Waals surface area contributed by atoms with Crippen molar-refractivity contribution >= 4 is 29.0 Å². The first kappa shape index (κ1) is 21.0. The third-order valence-corrected chi connectivity index (χ3v) is 4.70. The van der Waals surface area contributed by atoms with Crippen LogP contribution in [-0.2, 0) is 11.3 Å². The number of benzene rings is 2. The summed E-state index contributed by atoms with van der Waals surface area (Å²) in [5.41, 5.74) is 12.6. The summed E-state index contributed by atoms with van der Waals surface area (Å²) in [5.74, 6) is -0.748. The molecule has 0 saturated heterocycles. The van der Waals surface area contributed by atoms with Crippen LogP contribution in [0.5, 0.6) is 0 Å². The summed E-state index contributed by atoms with van der Waals surface area (Å²) in [4.78, 5) is 25.1. The number of aryl methyl sites for hydroxylation is 5. The van der Waals surface area contributed by atoms with Gasteiger partial charge in [-0.25, -0.2) is 4.68 Å². The molecule has 156 valence electrons. The molecule has 1 heterocycles. The SMILES string of the molecule is Cc1cc(C)cc(NC(=O)c2nnn(CC(=O)Nc3c(C)cc(C)cc3C)c2N)c1. The lowest BCUT2D eigenvalue weighted by atomic mass is 10.1. The van der Waals surface area contributed by atoms with Crippen molar-refractivity contribution in [3.63, 3.8) is 0 Å². The molecule has 0 saturated carbocycles. The molecule has 0 bridgehead atoms. The molecule has 2 aromatic carbocycles. The number of nitrogens with zero attached hydrogens (tertiary/aromatic N) is 3. The number of carbonyl (C=O) groups excluding carboxylic acids is 2. The van der Waals surface area contributed by atoms with Crippen LogP contribution >= 0.6 is 0 Å². The lowest BCUT2D eigenvalue weighted by molar-refractivity contribution is -0.116. The van der Waals surface area contributed by atoms with Gasteiger partial charge in [0.2, 0.25) is 5.91 Å². The van der Waals surface area contributed by atoms with Gasteiger partial charge in [0.25, 0.3) is 5.91 Å². The van der Waals surface area contributed by atoms with Crippen LogP contribution in [0.2, 0.25) is 0 Å². The highest BCUT2D eigenvalue weighted by atomic mass is 16.2. The average molecular weight is 406 g/mol. The van der Waals surface area contributed by atoms with Gasteiger partial charge in [0.05, 0.1) is 0 Å². The van der Waals surface area contributed by atoms with E-state index in [1.54, 1.807) is 0 Å². The van der Waals surface area contributed by atoms with Gasteiger partial charge in [0, 0.05) is 11.4 Å². The Kier molecular flexibility index (Phi) is 5.86. The van der Waals surface area contributed by atoms with E-state index in [1.807, 2.05) is 65.0 Å². The number of carbonyl (C=O) groups is 2. The van der Waals surface area contributed by atoms with Gasteiger partial charge < -0.3 is 16.4 Å². The van der Waals surface area contributed by atoms with Crippen molar-refractivity contribution in [2.75, 3.05) is 16.4 Å². The van der Waals surface area contributed by atoms with Gasteiger partial charge in [-0.1, -0.05) is 29.0 Å². The minimum atomic E-state index is -0.477. The van der Waals surface area contributed by atoms with Crippen LogP contribution in [0.25, 0.3) is 0 Å². The molecule has 0 fully saturated rings. The number of hydrogen-bond acceptors (Lipinski definition) is 5. The largest absolute Gasteiger partial charge is 0.382 e. The molecule has 2 amide bonds. The highest BCUT2D eigenvalue weighted by molar-refractivity contribution is 6.06. The van der Waals surface area contributed by atoms with Crippen LogP contribution in [0.15, 0.2) is 30.3 Å². The average Bonchev–Trinajstić information content (AvgIpc) is 2.98. The zero-order valence-corrected chi connectivity index (χ0v) is 17.8. The Morgan fingerprint density at radius 3 is 2.07 bits per heavy atom. The zero-order valence-electron chi connectivity index (χ0n) is 17.8. The van der Waals surface area contributed by atoms with E-state index in [9.17, 15) is 9.59 Å². The van der Waals surface area contributed by atoms with Crippen molar-refractivity contribution in [1.82, 2.24) is 15.0 Å². The number of nitrogens with two attached hydrogens (primary N) is 1. The summed E-state index contributed by atoms with van der Waals surface area (Å²) in [6.45, 7) is 9.63. The van der Waals surface area contributed by atoms with E-state index in [2.05, 4.69) is 20.9 Å². The number of hydrogen-bond donors (Lipinski definition) is 3. The smallest absolute Gasteiger partial charge is 0.280 e. The monoisotopic (exact) mass is 406 g/mol. The molecule has 8 nitrogen and oxygen atoms in total. The number of rotatable bonds is 5. The summed E-state index contributed by atoms with van der Waals surface area (Å²) >= 11 is 0. The lowest BCUT2D eigenvalue weighted by Gasteiger charge is -2.13. The number of aromatic nitrogens is 3. The van der Waals surface area contributed by atoms with Gasteiger partial charge in [-0.2, -0.15) is 0 Å². The third-order valence-electron chi connectivity index (χ3n) is 4.70. The molecule has 0 aliphatic carbocycles. The normalized spacial score (nSPS) is 10.7. The topological polar surface area (TPSA) is 115 Å². The van der Waals surface area contributed by atoms with Gasteiger partial charge in [0.15, 0.2) is 11.5 Å². The summed E-state index contributed by atoms with van der Waals surface area (Å²) in [6.07, 6.45) is 0. The Bertz CT molecular complexity index is 1090. The molecule has 0 radical (unpaired) electrons. The molecule has 0 aliphatic heterocycles. The molecule has 8 heteroatoms. The Balaban J connectivity index is 1.72. The summed E-state index contributed by atoms with van der Waals surface area (Å²) in [5, 5.41) is 13.4. The minimum absolute atomic E-state index is 0.0235. The van der Waals surface area contributed by atoms with Crippen LogP contribution in [0, 0.1) is 34.6 Å². The molecule has 0 aliphatic rings. The minimum Gasteiger partial charge on any atom is -0.382 e. The fraction of sp³-hybridized carbons (Fsp3) is 0.273. The Morgan fingerprint density at radius 1 is 0.900 bits per heavy atom. The van der Waals surface area contributed by atoms with E-state index in [-0.39, 0.29) is 24.0 Å². The fourth-order valence-corrected chi connectivity index (χ4v) is 3.53. The number of nitrogens with one attached hydrogen (secondary N) is 2. The summed E-state index contributed by atoms with van der Waals surface area (Å²) in [7, 11) is 0. The van der Waals surface area contributed by atoms with Crippen molar-refractivity contribution in [2.45, 2.75) is 41.2 Å². The molecule has 3 aromatic rings. The predicted octanol–water partition coefficient (Wildman–Crippen LogP) is 3.29.